The maximum absolute atomic E-state index is 15.6. The lowest BCUT2D eigenvalue weighted by atomic mass is 10.0. The standard InChI is InChI=1S/C32H31F4NP2.C20H26NP.C12H6F4IP.C6H15N/c1-2-3-22-37(39(31-25(33)16-10-17-26(31)34)32-27(35)18-11-19-28(32)36)38-29(23-12-6-4-7-13-23)20-21-30(38)24-14-8-5-9-15-24;1-2-3-16-21-22-19(17-10-6-4-7-11-17)14-15-20(22)18-12-8-5-9-13-18;13-7-3-1-4-8(14)11(7)18(17)12-9(15)5-2-6-10(12)16;1-4-7(5-2)6-3/h4-19,29-30H,2-3,20-22H2,1H3;4-13,19-21H,2-3,14-16H2,1H3;1-6H;4-6H2,1-3H3/t29-,30-;19-,20-;;/m10../s1. The molecule has 4 atom stereocenters. The average Bonchev–Trinajstić information content (AvgIpc) is 1.58. The number of hydrogen-bond acceptors (Lipinski definition) is 3. The Balaban J connectivity index is 0.000000189. The summed E-state index contributed by atoms with van der Waals surface area (Å²) in [5.41, 5.74) is 5.18. The Kier molecular flexibility index (Phi) is 28.6. The Hall–Kier alpha value is -4.47. The van der Waals surface area contributed by atoms with Gasteiger partial charge in [-0.15, -0.1) is 0 Å². The van der Waals surface area contributed by atoms with E-state index < -0.39 is 68.2 Å². The maximum atomic E-state index is 15.6. The Morgan fingerprint density at radius 3 is 0.977 bits per heavy atom. The molecule has 0 aromatic heterocycles. The zero-order valence-corrected chi connectivity index (χ0v) is 55.3. The summed E-state index contributed by atoms with van der Waals surface area (Å²) in [6.07, 6.45) is 8.54. The van der Waals surface area contributed by atoms with Crippen LogP contribution in [0.4, 0.5) is 35.1 Å². The van der Waals surface area contributed by atoms with Gasteiger partial charge in [-0.2, -0.15) is 0 Å². The van der Waals surface area contributed by atoms with Crippen LogP contribution in [0.15, 0.2) is 194 Å². The van der Waals surface area contributed by atoms with E-state index in [0.29, 0.717) is 17.9 Å². The Labute approximate surface area is 523 Å². The number of rotatable bonds is 20. The highest BCUT2D eigenvalue weighted by atomic mass is 127. The van der Waals surface area contributed by atoms with Gasteiger partial charge in [-0.3, -0.25) is 9.53 Å². The SMILES string of the molecule is CCCCN(P(c1c(F)cccc1F)c1c(F)cccc1F)P1[C@@H](c2ccccc2)CC[C@@H]1c1ccccc1.CCCCNP1[C@H](c2ccccc2)CC[C@H]1c1ccccc1.CCN(CC)CC.Fc1cccc(F)c1P(I)c1c(F)cccc1F. The second kappa shape index (κ2) is 35.7. The van der Waals surface area contributed by atoms with E-state index in [1.165, 1.54) is 105 Å². The van der Waals surface area contributed by atoms with Gasteiger partial charge in [0, 0.05) is 42.8 Å². The third-order valence-electron chi connectivity index (χ3n) is 15.4. The molecule has 8 aromatic rings. The van der Waals surface area contributed by atoms with E-state index >= 15 is 17.6 Å². The molecule has 2 aliphatic heterocycles. The number of unbranched alkanes of at least 4 members (excludes halogenated alkanes) is 2. The first-order valence-corrected chi connectivity index (χ1v) is 38.1. The van der Waals surface area contributed by atoms with E-state index in [9.17, 15) is 17.6 Å². The van der Waals surface area contributed by atoms with Gasteiger partial charge in [-0.1, -0.05) is 193 Å². The molecule has 0 bridgehead atoms. The molecule has 0 saturated carbocycles. The van der Waals surface area contributed by atoms with E-state index in [1.54, 1.807) is 22.0 Å². The largest absolute Gasteiger partial charge is 0.304 e. The number of nitrogens with zero attached hydrogens (tertiary/aromatic N) is 2. The molecule has 0 aliphatic carbocycles. The van der Waals surface area contributed by atoms with E-state index in [2.05, 4.69) is 134 Å². The summed E-state index contributed by atoms with van der Waals surface area (Å²) in [5, 5.41) is 2.91. The van der Waals surface area contributed by atoms with Gasteiger partial charge in [0.1, 0.15) is 46.5 Å². The Morgan fingerprint density at radius 1 is 0.395 bits per heavy atom. The first kappa shape index (κ1) is 69.0. The van der Waals surface area contributed by atoms with E-state index in [-0.39, 0.29) is 40.6 Å². The fourth-order valence-electron chi connectivity index (χ4n) is 11.0. The van der Waals surface area contributed by atoms with E-state index in [1.807, 2.05) is 36.4 Å². The van der Waals surface area contributed by atoms with Gasteiger partial charge in [-0.25, -0.2) is 35.1 Å². The van der Waals surface area contributed by atoms with E-state index in [0.717, 1.165) is 67.6 Å². The van der Waals surface area contributed by atoms with Crippen molar-refractivity contribution >= 4 is 73.0 Å². The highest BCUT2D eigenvalue weighted by molar-refractivity contribution is 14.2. The van der Waals surface area contributed by atoms with E-state index in [4.69, 9.17) is 0 Å². The third kappa shape index (κ3) is 18.1. The lowest BCUT2D eigenvalue weighted by Gasteiger charge is -2.42. The van der Waals surface area contributed by atoms with Crippen LogP contribution in [-0.2, 0) is 0 Å². The quantitative estimate of drug-likeness (QED) is 0.0355. The van der Waals surface area contributed by atoms with Crippen LogP contribution in [0.5, 0.6) is 0 Å². The molecule has 2 fully saturated rings. The van der Waals surface area contributed by atoms with Crippen molar-refractivity contribution in [3.05, 3.63) is 263 Å². The molecule has 3 nitrogen and oxygen atoms in total. The lowest BCUT2D eigenvalue weighted by molar-refractivity contribution is 0.321. The monoisotopic (exact) mass is 1360 g/mol. The topological polar surface area (TPSA) is 18.5 Å². The molecule has 2 heterocycles. The Morgan fingerprint density at radius 2 is 0.686 bits per heavy atom. The second-order valence-electron chi connectivity index (χ2n) is 20.9. The molecular formula is C70H78F8IN3P4. The van der Waals surface area contributed by atoms with Crippen LogP contribution >= 0.6 is 51.8 Å². The van der Waals surface area contributed by atoms with Crippen molar-refractivity contribution in [3.8, 4) is 0 Å². The summed E-state index contributed by atoms with van der Waals surface area (Å²) in [5.74, 6) is -6.26. The van der Waals surface area contributed by atoms with Crippen molar-refractivity contribution in [1.82, 2.24) is 14.4 Å². The summed E-state index contributed by atoms with van der Waals surface area (Å²) in [6, 6.07) is 56.7. The summed E-state index contributed by atoms with van der Waals surface area (Å²) in [7, 11) is -3.52. The first-order chi connectivity index (χ1) is 41.8. The van der Waals surface area contributed by atoms with Crippen LogP contribution in [0.3, 0.4) is 0 Å². The smallest absolute Gasteiger partial charge is 0.135 e. The number of halogens is 9. The van der Waals surface area contributed by atoms with Crippen molar-refractivity contribution in [3.63, 3.8) is 0 Å². The Bertz CT molecular complexity index is 3000. The summed E-state index contributed by atoms with van der Waals surface area (Å²) in [6.45, 7) is 16.1. The zero-order valence-electron chi connectivity index (χ0n) is 49.6. The average molecular weight is 1360 g/mol. The number of nitrogens with one attached hydrogen (secondary N) is 1. The van der Waals surface area contributed by atoms with Gasteiger partial charge in [0.15, 0.2) is 0 Å². The molecule has 10 rings (SSSR count). The highest BCUT2D eigenvalue weighted by Gasteiger charge is 2.46. The molecule has 86 heavy (non-hydrogen) atoms. The predicted octanol–water partition coefficient (Wildman–Crippen LogP) is 20.8. The highest BCUT2D eigenvalue weighted by Crippen LogP contribution is 2.76. The minimum absolute atomic E-state index is 0.0953. The molecular weight excluding hydrogens is 1290 g/mol. The minimum atomic E-state index is -2.19. The molecule has 456 valence electrons. The third-order valence-corrected chi connectivity index (χ3v) is 29.6. The molecule has 0 spiro atoms. The summed E-state index contributed by atoms with van der Waals surface area (Å²) in [4.78, 5) is 2.38. The fourth-order valence-corrected chi connectivity index (χ4v) is 25.7. The normalized spacial score (nSPS) is 16.9. The van der Waals surface area contributed by atoms with Crippen molar-refractivity contribution < 1.29 is 35.1 Å². The van der Waals surface area contributed by atoms with Crippen LogP contribution in [0.1, 0.15) is 131 Å². The number of benzene rings is 8. The van der Waals surface area contributed by atoms with Gasteiger partial charge in [-0.05, 0) is 174 Å². The minimum Gasteiger partial charge on any atom is -0.304 e. The molecule has 0 radical (unpaired) electrons. The summed E-state index contributed by atoms with van der Waals surface area (Å²) >= 11 is 1.68. The van der Waals surface area contributed by atoms with Crippen LogP contribution in [0.2, 0.25) is 0 Å². The molecule has 0 amide bonds. The van der Waals surface area contributed by atoms with Crippen LogP contribution < -0.4 is 26.3 Å². The molecule has 2 aliphatic rings. The molecule has 1 N–H and O–H groups in total. The molecule has 8 aromatic carbocycles. The van der Waals surface area contributed by atoms with Crippen molar-refractivity contribution in [1.29, 1.82) is 0 Å². The van der Waals surface area contributed by atoms with Crippen LogP contribution in [-0.4, -0.2) is 42.1 Å². The summed E-state index contributed by atoms with van der Waals surface area (Å²) < 4.78 is 119. The predicted molar refractivity (Wildman–Crippen MR) is 359 cm³/mol. The number of hydrogen-bond donors (Lipinski definition) is 1. The van der Waals surface area contributed by atoms with Gasteiger partial charge in [0.25, 0.3) is 0 Å². The maximum Gasteiger partial charge on any atom is 0.135 e. The van der Waals surface area contributed by atoms with Crippen molar-refractivity contribution in [2.24, 2.45) is 0 Å². The molecule has 16 heteroatoms. The van der Waals surface area contributed by atoms with Crippen LogP contribution in [0.25, 0.3) is 0 Å². The van der Waals surface area contributed by atoms with Crippen molar-refractivity contribution in [2.45, 2.75) is 109 Å². The van der Waals surface area contributed by atoms with Gasteiger partial charge in [0.05, 0.1) is 21.2 Å². The van der Waals surface area contributed by atoms with Gasteiger partial charge >= 0.3 is 0 Å². The zero-order chi connectivity index (χ0) is 61.5. The first-order valence-electron chi connectivity index (χ1n) is 29.8. The fraction of sp³-hybridized carbons (Fsp3) is 0.314. The van der Waals surface area contributed by atoms with Crippen LogP contribution in [0, 0.1) is 46.5 Å². The van der Waals surface area contributed by atoms with Gasteiger partial charge in [0.2, 0.25) is 0 Å². The lowest BCUT2D eigenvalue weighted by Crippen LogP contribution is -2.33. The molecule has 2 saturated heterocycles. The molecule has 0 unspecified atom stereocenters. The second-order valence-corrected chi connectivity index (χ2v) is 32.4. The van der Waals surface area contributed by atoms with Crippen molar-refractivity contribution in [2.75, 3.05) is 32.7 Å². The van der Waals surface area contributed by atoms with Gasteiger partial charge < -0.3 is 4.90 Å².